The SMILES string of the molecule is CC(C)(C)N1CCC=C(Cl)C1=O. The average Bonchev–Trinajstić information content (AvgIpc) is 1.92. The molecule has 0 unspecified atom stereocenters. The summed E-state index contributed by atoms with van der Waals surface area (Å²) in [4.78, 5) is 13.3. The smallest absolute Gasteiger partial charge is 0.265 e. The molecule has 0 aromatic rings. The van der Waals surface area contributed by atoms with Gasteiger partial charge in [0.25, 0.3) is 5.91 Å². The maximum absolute atomic E-state index is 11.5. The molecule has 3 heteroatoms. The Morgan fingerprint density at radius 1 is 1.50 bits per heavy atom. The predicted molar refractivity (Wildman–Crippen MR) is 50.0 cm³/mol. The van der Waals surface area contributed by atoms with E-state index in [4.69, 9.17) is 11.6 Å². The number of amides is 1. The molecule has 0 aromatic heterocycles. The van der Waals surface area contributed by atoms with E-state index in [2.05, 4.69) is 0 Å². The minimum atomic E-state index is -0.120. The molecular formula is C9H14ClNO. The predicted octanol–water partition coefficient (Wildman–Crippen LogP) is 2.14. The van der Waals surface area contributed by atoms with E-state index < -0.39 is 0 Å². The minimum Gasteiger partial charge on any atom is -0.333 e. The third-order valence-corrected chi connectivity index (χ3v) is 2.25. The molecule has 0 bridgehead atoms. The van der Waals surface area contributed by atoms with Crippen molar-refractivity contribution in [3.63, 3.8) is 0 Å². The summed E-state index contributed by atoms with van der Waals surface area (Å²) >= 11 is 5.74. The molecule has 1 rings (SSSR count). The van der Waals surface area contributed by atoms with Crippen LogP contribution in [0.4, 0.5) is 0 Å². The summed E-state index contributed by atoms with van der Waals surface area (Å²) in [6, 6.07) is 0. The van der Waals surface area contributed by atoms with Crippen molar-refractivity contribution >= 4 is 17.5 Å². The highest BCUT2D eigenvalue weighted by molar-refractivity contribution is 6.42. The Bertz CT molecular complexity index is 227. The fraction of sp³-hybridized carbons (Fsp3) is 0.667. The first kappa shape index (κ1) is 9.59. The van der Waals surface area contributed by atoms with Gasteiger partial charge in [-0.3, -0.25) is 4.79 Å². The van der Waals surface area contributed by atoms with E-state index in [-0.39, 0.29) is 11.4 Å². The lowest BCUT2D eigenvalue weighted by molar-refractivity contribution is -0.131. The molecule has 1 aliphatic heterocycles. The normalized spacial score (nSPS) is 19.5. The second-order valence-electron chi connectivity index (χ2n) is 3.97. The maximum atomic E-state index is 11.5. The molecule has 0 fully saturated rings. The lowest BCUT2D eigenvalue weighted by Crippen LogP contribution is -2.47. The fourth-order valence-corrected chi connectivity index (χ4v) is 1.49. The number of hydrogen-bond donors (Lipinski definition) is 0. The van der Waals surface area contributed by atoms with E-state index in [9.17, 15) is 4.79 Å². The summed E-state index contributed by atoms with van der Waals surface area (Å²) in [5, 5.41) is 0.358. The van der Waals surface area contributed by atoms with Crippen LogP contribution in [0.5, 0.6) is 0 Å². The van der Waals surface area contributed by atoms with Crippen LogP contribution in [0.15, 0.2) is 11.1 Å². The summed E-state index contributed by atoms with van der Waals surface area (Å²) in [5.41, 5.74) is -0.120. The number of carbonyl (C=O) groups excluding carboxylic acids is 1. The molecule has 1 aliphatic rings. The highest BCUT2D eigenvalue weighted by Gasteiger charge is 2.29. The number of hydrogen-bond acceptors (Lipinski definition) is 1. The third kappa shape index (κ3) is 1.81. The molecule has 0 aliphatic carbocycles. The van der Waals surface area contributed by atoms with Gasteiger partial charge in [0.15, 0.2) is 0 Å². The van der Waals surface area contributed by atoms with Crippen LogP contribution in [0.2, 0.25) is 0 Å². The summed E-state index contributed by atoms with van der Waals surface area (Å²) in [5.74, 6) is -0.0459. The molecule has 2 nitrogen and oxygen atoms in total. The van der Waals surface area contributed by atoms with Crippen LogP contribution < -0.4 is 0 Å². The number of halogens is 1. The monoisotopic (exact) mass is 187 g/mol. The van der Waals surface area contributed by atoms with E-state index in [0.29, 0.717) is 5.03 Å². The highest BCUT2D eigenvalue weighted by atomic mass is 35.5. The number of rotatable bonds is 0. The van der Waals surface area contributed by atoms with Crippen LogP contribution in [0.3, 0.4) is 0 Å². The molecule has 0 saturated heterocycles. The van der Waals surface area contributed by atoms with Gasteiger partial charge in [-0.05, 0) is 27.2 Å². The van der Waals surface area contributed by atoms with Gasteiger partial charge in [-0.25, -0.2) is 0 Å². The lowest BCUT2D eigenvalue weighted by atomic mass is 10.0. The fourth-order valence-electron chi connectivity index (χ4n) is 1.28. The summed E-state index contributed by atoms with van der Waals surface area (Å²) in [6.45, 7) is 6.82. The van der Waals surface area contributed by atoms with Crippen LogP contribution in [0, 0.1) is 0 Å². The van der Waals surface area contributed by atoms with Crippen molar-refractivity contribution in [3.8, 4) is 0 Å². The van der Waals surface area contributed by atoms with Gasteiger partial charge in [0.1, 0.15) is 5.03 Å². The van der Waals surface area contributed by atoms with Crippen molar-refractivity contribution in [1.29, 1.82) is 0 Å². The van der Waals surface area contributed by atoms with Gasteiger partial charge >= 0.3 is 0 Å². The molecule has 0 aromatic carbocycles. The van der Waals surface area contributed by atoms with Crippen LogP contribution in [-0.2, 0) is 4.79 Å². The molecule has 1 amide bonds. The van der Waals surface area contributed by atoms with Gasteiger partial charge in [0.2, 0.25) is 0 Å². The summed E-state index contributed by atoms with van der Waals surface area (Å²) < 4.78 is 0. The average molecular weight is 188 g/mol. The topological polar surface area (TPSA) is 20.3 Å². The zero-order valence-corrected chi connectivity index (χ0v) is 8.48. The Hall–Kier alpha value is -0.500. The van der Waals surface area contributed by atoms with Crippen molar-refractivity contribution in [2.24, 2.45) is 0 Å². The van der Waals surface area contributed by atoms with Gasteiger partial charge in [0.05, 0.1) is 0 Å². The highest BCUT2D eigenvalue weighted by Crippen LogP contribution is 2.22. The minimum absolute atomic E-state index is 0.0459. The standard InChI is InChI=1S/C9H14ClNO/c1-9(2,3)11-6-4-5-7(10)8(11)12/h5H,4,6H2,1-3H3. The first-order valence-corrected chi connectivity index (χ1v) is 4.48. The first-order valence-electron chi connectivity index (χ1n) is 4.10. The van der Waals surface area contributed by atoms with E-state index in [1.165, 1.54) is 0 Å². The van der Waals surface area contributed by atoms with Crippen LogP contribution in [-0.4, -0.2) is 22.9 Å². The second-order valence-corrected chi connectivity index (χ2v) is 4.38. The number of carbonyl (C=O) groups is 1. The Labute approximate surface area is 78.2 Å². The van der Waals surface area contributed by atoms with Crippen molar-refractivity contribution in [1.82, 2.24) is 4.90 Å². The van der Waals surface area contributed by atoms with Gasteiger partial charge in [0, 0.05) is 12.1 Å². The van der Waals surface area contributed by atoms with Crippen molar-refractivity contribution in [2.45, 2.75) is 32.7 Å². The van der Waals surface area contributed by atoms with Crippen molar-refractivity contribution in [3.05, 3.63) is 11.1 Å². The van der Waals surface area contributed by atoms with Gasteiger partial charge < -0.3 is 4.90 Å². The molecule has 12 heavy (non-hydrogen) atoms. The molecule has 0 radical (unpaired) electrons. The van der Waals surface area contributed by atoms with Crippen molar-refractivity contribution < 1.29 is 4.79 Å². The van der Waals surface area contributed by atoms with Gasteiger partial charge in [-0.2, -0.15) is 0 Å². The Kier molecular flexibility index (Phi) is 2.47. The second kappa shape index (κ2) is 3.09. The largest absolute Gasteiger partial charge is 0.333 e. The lowest BCUT2D eigenvalue weighted by Gasteiger charge is -2.37. The van der Waals surface area contributed by atoms with E-state index in [0.717, 1.165) is 13.0 Å². The Morgan fingerprint density at radius 2 is 2.08 bits per heavy atom. The van der Waals surface area contributed by atoms with Crippen LogP contribution >= 0.6 is 11.6 Å². The van der Waals surface area contributed by atoms with Crippen LogP contribution in [0.1, 0.15) is 27.2 Å². The zero-order valence-electron chi connectivity index (χ0n) is 7.72. The first-order chi connectivity index (χ1) is 5.43. The van der Waals surface area contributed by atoms with Crippen LogP contribution in [0.25, 0.3) is 0 Å². The Balaban J connectivity index is 2.83. The molecule has 0 N–H and O–H groups in total. The Morgan fingerprint density at radius 3 is 2.50 bits per heavy atom. The molecule has 0 saturated carbocycles. The van der Waals surface area contributed by atoms with E-state index in [1.807, 2.05) is 20.8 Å². The summed E-state index contributed by atoms with van der Waals surface area (Å²) in [6.07, 6.45) is 2.65. The van der Waals surface area contributed by atoms with Gasteiger partial charge in [-0.15, -0.1) is 0 Å². The van der Waals surface area contributed by atoms with Gasteiger partial charge in [-0.1, -0.05) is 17.7 Å². The molecule has 0 atom stereocenters. The maximum Gasteiger partial charge on any atom is 0.265 e. The molecule has 0 spiro atoms. The summed E-state index contributed by atoms with van der Waals surface area (Å²) in [7, 11) is 0. The quantitative estimate of drug-likeness (QED) is 0.569. The molecule has 1 heterocycles. The van der Waals surface area contributed by atoms with E-state index in [1.54, 1.807) is 11.0 Å². The third-order valence-electron chi connectivity index (χ3n) is 1.94. The van der Waals surface area contributed by atoms with E-state index >= 15 is 0 Å². The number of nitrogens with zero attached hydrogens (tertiary/aromatic N) is 1. The zero-order chi connectivity index (χ0) is 9.35. The molecule has 68 valence electrons. The molecular weight excluding hydrogens is 174 g/mol. The van der Waals surface area contributed by atoms with Crippen molar-refractivity contribution in [2.75, 3.05) is 6.54 Å².